The number of ether oxygens (including phenoxy) is 1. The molecule has 168 valence electrons. The Hall–Kier alpha value is -2.08. The molecular formula is C26H35NO4. The molecule has 0 amide bonds. The van der Waals surface area contributed by atoms with Gasteiger partial charge in [0.1, 0.15) is 11.5 Å². The van der Waals surface area contributed by atoms with Crippen LogP contribution in [-0.2, 0) is 12.8 Å². The maximum absolute atomic E-state index is 10.7. The van der Waals surface area contributed by atoms with Crippen LogP contribution >= 0.6 is 0 Å². The van der Waals surface area contributed by atoms with Crippen molar-refractivity contribution in [2.75, 3.05) is 7.11 Å². The van der Waals surface area contributed by atoms with E-state index in [-0.39, 0.29) is 18.0 Å². The predicted molar refractivity (Wildman–Crippen MR) is 123 cm³/mol. The van der Waals surface area contributed by atoms with Gasteiger partial charge in [-0.1, -0.05) is 18.6 Å². The molecule has 0 aliphatic carbocycles. The van der Waals surface area contributed by atoms with Crippen LogP contribution in [0, 0.1) is 0 Å². The molecule has 0 spiro atoms. The quantitative estimate of drug-likeness (QED) is 0.556. The first kappa shape index (κ1) is 22.1. The van der Waals surface area contributed by atoms with E-state index >= 15 is 0 Å². The Kier molecular flexibility index (Phi) is 7.16. The number of aryl methyl sites for hydroxylation is 2. The summed E-state index contributed by atoms with van der Waals surface area (Å²) >= 11 is 0. The summed E-state index contributed by atoms with van der Waals surface area (Å²) in [4.78, 5) is 0. The number of aliphatic hydroxyl groups is 2. The van der Waals surface area contributed by atoms with Gasteiger partial charge in [-0.25, -0.2) is 0 Å². The number of methoxy groups -OCH3 is 1. The summed E-state index contributed by atoms with van der Waals surface area (Å²) in [6.45, 7) is 0. The first-order valence-electron chi connectivity index (χ1n) is 11.6. The van der Waals surface area contributed by atoms with Gasteiger partial charge in [-0.15, -0.1) is 0 Å². The van der Waals surface area contributed by atoms with Crippen LogP contribution in [0.2, 0.25) is 0 Å². The molecule has 4 rings (SSSR count). The zero-order valence-corrected chi connectivity index (χ0v) is 18.4. The molecule has 4 N–H and O–H groups in total. The molecule has 2 heterocycles. The van der Waals surface area contributed by atoms with E-state index in [4.69, 9.17) is 4.74 Å². The minimum atomic E-state index is -0.369. The van der Waals surface area contributed by atoms with Crippen LogP contribution in [0.1, 0.15) is 56.1 Å². The Bertz CT molecular complexity index is 884. The average Bonchev–Trinajstić information content (AvgIpc) is 2.76. The van der Waals surface area contributed by atoms with Crippen LogP contribution in [0.25, 0.3) is 11.1 Å². The standard InChI is InChI=1S/C26H35NO4/c1-31-26-12-8-18-6-10-22(29)16-20-4-2-3-19(27-20)15-21(28)9-5-17-7-11-25(30)23(13-17)24(26)14-18/h7-8,11-14,19-22,27-30H,2-6,9-10,15-16H2,1H3/t19-,20-,21+,22-/m0/s1. The summed E-state index contributed by atoms with van der Waals surface area (Å²) in [5.41, 5.74) is 3.81. The van der Waals surface area contributed by atoms with Crippen LogP contribution in [0.3, 0.4) is 0 Å². The van der Waals surface area contributed by atoms with Gasteiger partial charge >= 0.3 is 0 Å². The van der Waals surface area contributed by atoms with Gasteiger partial charge in [0.05, 0.1) is 19.3 Å². The maximum atomic E-state index is 10.7. The minimum Gasteiger partial charge on any atom is -0.507 e. The Morgan fingerprint density at radius 2 is 1.39 bits per heavy atom. The van der Waals surface area contributed by atoms with E-state index in [1.54, 1.807) is 13.2 Å². The van der Waals surface area contributed by atoms with E-state index in [0.29, 0.717) is 30.7 Å². The molecule has 2 aromatic rings. The minimum absolute atomic E-state index is 0.218. The van der Waals surface area contributed by atoms with Crippen molar-refractivity contribution in [3.8, 4) is 22.6 Å². The van der Waals surface area contributed by atoms with E-state index in [1.807, 2.05) is 24.3 Å². The molecule has 1 fully saturated rings. The lowest BCUT2D eigenvalue weighted by Crippen LogP contribution is -2.45. The molecule has 0 saturated carbocycles. The molecule has 2 aliphatic rings. The van der Waals surface area contributed by atoms with Gasteiger partial charge in [0.2, 0.25) is 0 Å². The normalized spacial score (nSPS) is 27.3. The van der Waals surface area contributed by atoms with Crippen LogP contribution in [0.15, 0.2) is 36.4 Å². The van der Waals surface area contributed by atoms with Gasteiger partial charge in [-0.2, -0.15) is 0 Å². The molecule has 5 heteroatoms. The highest BCUT2D eigenvalue weighted by molar-refractivity contribution is 5.76. The Morgan fingerprint density at radius 3 is 2.00 bits per heavy atom. The number of hydrogen-bond acceptors (Lipinski definition) is 5. The number of aliphatic hydroxyl groups excluding tert-OH is 2. The second kappa shape index (κ2) is 10.0. The van der Waals surface area contributed by atoms with E-state index in [9.17, 15) is 15.3 Å². The predicted octanol–water partition coefficient (Wildman–Crippen LogP) is 3.96. The third-order valence-corrected chi connectivity index (χ3v) is 6.84. The fourth-order valence-corrected chi connectivity index (χ4v) is 5.12. The largest absolute Gasteiger partial charge is 0.507 e. The zero-order chi connectivity index (χ0) is 21.8. The smallest absolute Gasteiger partial charge is 0.126 e. The van der Waals surface area contributed by atoms with Crippen LogP contribution in [0.4, 0.5) is 0 Å². The molecule has 2 aromatic carbocycles. The number of benzene rings is 2. The number of rotatable bonds is 1. The van der Waals surface area contributed by atoms with Gasteiger partial charge in [0.25, 0.3) is 0 Å². The van der Waals surface area contributed by atoms with Crippen LogP contribution in [0.5, 0.6) is 11.5 Å². The van der Waals surface area contributed by atoms with Crippen molar-refractivity contribution in [3.05, 3.63) is 47.5 Å². The van der Waals surface area contributed by atoms with Crippen molar-refractivity contribution in [2.45, 2.75) is 82.1 Å². The second-order valence-corrected chi connectivity index (χ2v) is 9.23. The lowest BCUT2D eigenvalue weighted by atomic mass is 9.90. The average molecular weight is 426 g/mol. The number of fused-ring (bicyclic) bond motifs is 7. The molecule has 0 radical (unpaired) electrons. The number of hydrogen-bond donors (Lipinski definition) is 4. The number of piperidine rings is 1. The second-order valence-electron chi connectivity index (χ2n) is 9.23. The Labute approximate surface area is 185 Å². The number of nitrogens with one attached hydrogen (secondary N) is 1. The van der Waals surface area contributed by atoms with Crippen molar-refractivity contribution in [3.63, 3.8) is 0 Å². The third-order valence-electron chi connectivity index (χ3n) is 6.84. The monoisotopic (exact) mass is 425 g/mol. The summed E-state index contributed by atoms with van der Waals surface area (Å²) < 4.78 is 5.58. The molecule has 0 aromatic heterocycles. The maximum Gasteiger partial charge on any atom is 0.126 e. The van der Waals surface area contributed by atoms with Gasteiger partial charge in [0.15, 0.2) is 0 Å². The molecule has 2 aliphatic heterocycles. The molecule has 31 heavy (non-hydrogen) atoms. The van der Waals surface area contributed by atoms with E-state index in [2.05, 4.69) is 11.4 Å². The topological polar surface area (TPSA) is 82.0 Å². The van der Waals surface area contributed by atoms with E-state index in [1.165, 1.54) is 0 Å². The highest BCUT2D eigenvalue weighted by Crippen LogP contribution is 2.38. The van der Waals surface area contributed by atoms with E-state index < -0.39 is 0 Å². The molecule has 0 unspecified atom stereocenters. The fourth-order valence-electron chi connectivity index (χ4n) is 5.12. The fraction of sp³-hybridized carbons (Fsp3) is 0.538. The molecule has 6 bridgehead atoms. The summed E-state index contributed by atoms with van der Waals surface area (Å²) in [5.74, 6) is 0.934. The van der Waals surface area contributed by atoms with Crippen LogP contribution < -0.4 is 10.1 Å². The number of aromatic hydroxyl groups is 1. The van der Waals surface area contributed by atoms with Gasteiger partial charge in [-0.05, 0) is 86.8 Å². The SMILES string of the molecule is COc1ccc2cc1-c1cc(ccc1O)CC[C@@H](O)C[C@@H]1CCC[C@@H](C[C@@H](O)CC2)N1. The Balaban J connectivity index is 1.66. The summed E-state index contributed by atoms with van der Waals surface area (Å²) in [7, 11) is 1.64. The van der Waals surface area contributed by atoms with Crippen molar-refractivity contribution in [1.29, 1.82) is 0 Å². The first-order valence-corrected chi connectivity index (χ1v) is 11.6. The van der Waals surface area contributed by atoms with Gasteiger partial charge in [-0.3, -0.25) is 0 Å². The van der Waals surface area contributed by atoms with Crippen molar-refractivity contribution in [2.24, 2.45) is 0 Å². The zero-order valence-electron chi connectivity index (χ0n) is 18.4. The summed E-state index contributed by atoms with van der Waals surface area (Å²) in [6, 6.07) is 12.3. The summed E-state index contributed by atoms with van der Waals surface area (Å²) in [6.07, 6.45) is 6.98. The van der Waals surface area contributed by atoms with E-state index in [0.717, 1.165) is 67.2 Å². The Morgan fingerprint density at radius 1 is 0.806 bits per heavy atom. The highest BCUT2D eigenvalue weighted by Gasteiger charge is 2.25. The van der Waals surface area contributed by atoms with Gasteiger partial charge in [0, 0.05) is 23.2 Å². The lowest BCUT2D eigenvalue weighted by molar-refractivity contribution is 0.108. The molecular weight excluding hydrogens is 390 g/mol. The number of phenols is 1. The first-order chi connectivity index (χ1) is 15.0. The number of phenolic OH excluding ortho intramolecular Hbond substituents is 1. The molecule has 1 saturated heterocycles. The lowest BCUT2D eigenvalue weighted by Gasteiger charge is -2.33. The highest BCUT2D eigenvalue weighted by atomic mass is 16.5. The van der Waals surface area contributed by atoms with Gasteiger partial charge < -0.3 is 25.4 Å². The third kappa shape index (κ3) is 5.59. The molecule has 5 nitrogen and oxygen atoms in total. The molecule has 4 atom stereocenters. The van der Waals surface area contributed by atoms with Crippen molar-refractivity contribution in [1.82, 2.24) is 5.32 Å². The van der Waals surface area contributed by atoms with Crippen molar-refractivity contribution < 1.29 is 20.1 Å². The summed E-state index contributed by atoms with van der Waals surface area (Å²) in [5, 5.41) is 35.6. The van der Waals surface area contributed by atoms with Crippen LogP contribution in [-0.4, -0.2) is 46.7 Å². The van der Waals surface area contributed by atoms with Crippen molar-refractivity contribution >= 4 is 0 Å².